The van der Waals surface area contributed by atoms with Crippen molar-refractivity contribution in [3.05, 3.63) is 177 Å². The Morgan fingerprint density at radius 2 is 1.00 bits per heavy atom. The van der Waals surface area contributed by atoms with Crippen molar-refractivity contribution < 1.29 is 4.79 Å². The summed E-state index contributed by atoms with van der Waals surface area (Å²) in [6, 6.07) is 41.5. The largest absolute Gasteiger partial charge is 0.368 e. The molecule has 0 saturated heterocycles. The fourth-order valence-corrected chi connectivity index (χ4v) is 5.86. The van der Waals surface area contributed by atoms with Crippen LogP contribution in [0.2, 0.25) is 0 Å². The zero-order valence-corrected chi connectivity index (χ0v) is 31.8. The Bertz CT molecular complexity index is 1930. The van der Waals surface area contributed by atoms with Gasteiger partial charge in [0.05, 0.1) is 19.6 Å². The normalized spacial score (nSPS) is 14.1. The molecule has 0 amide bonds. The molecule has 0 spiro atoms. The Hall–Kier alpha value is -5.82. The highest BCUT2D eigenvalue weighted by molar-refractivity contribution is 6.00. The van der Waals surface area contributed by atoms with Crippen molar-refractivity contribution in [2.75, 3.05) is 39.3 Å². The molecule has 0 aliphatic carbocycles. The first-order valence-corrected chi connectivity index (χ1v) is 18.4. The van der Waals surface area contributed by atoms with E-state index in [1.165, 1.54) is 50.1 Å². The molecular formula is C46H52N6O. The van der Waals surface area contributed by atoms with E-state index in [1.54, 1.807) is 0 Å². The standard InChI is InChI=1S/C18H20N2.2C10H12N2.C8H8O/c1-14-7-9-16(10-8-14)18-19-11-12-20(18)13-17-6-4-3-5-15(17)2;2*1-8-2-4-9(5-3-8)10-11-6-7-12-10;1-7-2-4-8(6-9)5-3-7/h3-10H,11-13H2,1-2H3;2*2-5H,6-7H2,1H3,(H,11,12);2-6H,1H3. The molecule has 3 heterocycles. The van der Waals surface area contributed by atoms with Gasteiger partial charge in [-0.05, 0) is 45.7 Å². The third-order valence-electron chi connectivity index (χ3n) is 9.08. The van der Waals surface area contributed by atoms with Gasteiger partial charge in [0.25, 0.3) is 0 Å². The second-order valence-corrected chi connectivity index (χ2v) is 13.5. The third-order valence-corrected chi connectivity index (χ3v) is 9.08. The number of hydrogen-bond acceptors (Lipinski definition) is 7. The van der Waals surface area contributed by atoms with Gasteiger partial charge >= 0.3 is 0 Å². The minimum absolute atomic E-state index is 0.737. The van der Waals surface area contributed by atoms with Crippen LogP contribution in [-0.4, -0.2) is 68.0 Å². The number of rotatable bonds is 6. The first kappa shape index (κ1) is 38.4. The molecule has 272 valence electrons. The van der Waals surface area contributed by atoms with E-state index in [2.05, 4.69) is 155 Å². The molecule has 0 radical (unpaired) electrons. The lowest BCUT2D eigenvalue weighted by molar-refractivity contribution is 0.112. The number of nitrogens with one attached hydrogen (secondary N) is 2. The summed E-state index contributed by atoms with van der Waals surface area (Å²) < 4.78 is 0. The Balaban J connectivity index is 0.000000143. The van der Waals surface area contributed by atoms with Gasteiger partial charge in [0.15, 0.2) is 0 Å². The number of benzene rings is 5. The second-order valence-electron chi connectivity index (χ2n) is 13.5. The van der Waals surface area contributed by atoms with Gasteiger partial charge in [-0.15, -0.1) is 0 Å². The van der Waals surface area contributed by atoms with Gasteiger partial charge in [0, 0.05) is 48.4 Å². The van der Waals surface area contributed by atoms with Crippen molar-refractivity contribution in [3.63, 3.8) is 0 Å². The fourth-order valence-electron chi connectivity index (χ4n) is 5.86. The van der Waals surface area contributed by atoms with E-state index in [1.807, 2.05) is 31.2 Å². The van der Waals surface area contributed by atoms with E-state index >= 15 is 0 Å². The summed E-state index contributed by atoms with van der Waals surface area (Å²) in [5.74, 6) is 3.21. The summed E-state index contributed by atoms with van der Waals surface area (Å²) in [5, 5.41) is 6.48. The molecule has 0 atom stereocenters. The minimum Gasteiger partial charge on any atom is -0.368 e. The van der Waals surface area contributed by atoms with E-state index in [0.29, 0.717) is 0 Å². The number of carbonyl (C=O) groups is 1. The lowest BCUT2D eigenvalue weighted by Crippen LogP contribution is -2.28. The summed E-state index contributed by atoms with van der Waals surface area (Å²) >= 11 is 0. The Morgan fingerprint density at radius 3 is 1.43 bits per heavy atom. The molecule has 0 saturated carbocycles. The number of carbonyl (C=O) groups excluding carboxylic acids is 1. The number of hydrogen-bond donors (Lipinski definition) is 2. The third kappa shape index (κ3) is 11.9. The molecule has 7 nitrogen and oxygen atoms in total. The highest BCUT2D eigenvalue weighted by Crippen LogP contribution is 2.18. The van der Waals surface area contributed by atoms with E-state index in [4.69, 9.17) is 0 Å². The van der Waals surface area contributed by atoms with E-state index in [0.717, 1.165) is 75.2 Å². The van der Waals surface area contributed by atoms with Crippen LogP contribution >= 0.6 is 0 Å². The SMILES string of the molecule is Cc1ccc(C2=NCCN2)cc1.Cc1ccc(C2=NCCN2)cc1.Cc1ccc(C2=NCCN2Cc2ccccc2C)cc1.Cc1ccc(C=O)cc1. The molecule has 5 aromatic rings. The van der Waals surface area contributed by atoms with Crippen molar-refractivity contribution in [1.29, 1.82) is 0 Å². The van der Waals surface area contributed by atoms with Crippen LogP contribution in [0.25, 0.3) is 0 Å². The van der Waals surface area contributed by atoms with Crippen LogP contribution in [0.4, 0.5) is 0 Å². The number of nitrogens with zero attached hydrogens (tertiary/aromatic N) is 4. The van der Waals surface area contributed by atoms with Crippen LogP contribution in [0.5, 0.6) is 0 Å². The zero-order valence-electron chi connectivity index (χ0n) is 31.8. The van der Waals surface area contributed by atoms with Crippen LogP contribution in [-0.2, 0) is 6.54 Å². The van der Waals surface area contributed by atoms with Crippen LogP contribution in [0.1, 0.15) is 60.4 Å². The van der Waals surface area contributed by atoms with Gasteiger partial charge in [-0.25, -0.2) is 0 Å². The molecule has 7 heteroatoms. The molecule has 2 N–H and O–H groups in total. The fraction of sp³-hybridized carbons (Fsp3) is 0.261. The van der Waals surface area contributed by atoms with Crippen molar-refractivity contribution >= 4 is 23.8 Å². The van der Waals surface area contributed by atoms with E-state index in [-0.39, 0.29) is 0 Å². The summed E-state index contributed by atoms with van der Waals surface area (Å²) in [5.41, 5.74) is 12.1. The molecule has 0 bridgehead atoms. The average Bonchev–Trinajstić information content (AvgIpc) is 4.00. The molecule has 5 aromatic carbocycles. The van der Waals surface area contributed by atoms with Crippen LogP contribution < -0.4 is 10.6 Å². The molecule has 0 aromatic heterocycles. The lowest BCUT2D eigenvalue weighted by Gasteiger charge is -2.21. The van der Waals surface area contributed by atoms with Crippen molar-refractivity contribution in [1.82, 2.24) is 15.5 Å². The summed E-state index contributed by atoms with van der Waals surface area (Å²) in [4.78, 5) is 25.9. The van der Waals surface area contributed by atoms with Crippen molar-refractivity contribution in [3.8, 4) is 0 Å². The van der Waals surface area contributed by atoms with Crippen molar-refractivity contribution in [2.45, 2.75) is 41.2 Å². The molecule has 3 aliphatic heterocycles. The van der Waals surface area contributed by atoms with Gasteiger partial charge in [-0.2, -0.15) is 0 Å². The topological polar surface area (TPSA) is 81.4 Å². The lowest BCUT2D eigenvalue weighted by atomic mass is 10.1. The molecule has 8 rings (SSSR count). The first-order valence-electron chi connectivity index (χ1n) is 18.4. The van der Waals surface area contributed by atoms with Gasteiger partial charge in [0.2, 0.25) is 0 Å². The molecule has 3 aliphatic rings. The first-order chi connectivity index (χ1) is 25.8. The minimum atomic E-state index is 0.737. The zero-order chi connectivity index (χ0) is 37.4. The molecular weight excluding hydrogens is 653 g/mol. The molecule has 0 unspecified atom stereocenters. The van der Waals surface area contributed by atoms with E-state index < -0.39 is 0 Å². The highest BCUT2D eigenvalue weighted by Gasteiger charge is 2.19. The molecule has 53 heavy (non-hydrogen) atoms. The smallest absolute Gasteiger partial charge is 0.150 e. The Kier molecular flexibility index (Phi) is 14.3. The number of aliphatic imine (C=N–C) groups is 3. The maximum atomic E-state index is 10.1. The Morgan fingerprint density at radius 1 is 0.547 bits per heavy atom. The maximum Gasteiger partial charge on any atom is 0.150 e. The maximum absolute atomic E-state index is 10.1. The summed E-state index contributed by atoms with van der Waals surface area (Å²) in [6.07, 6.45) is 0.847. The van der Waals surface area contributed by atoms with E-state index in [9.17, 15) is 4.79 Å². The summed E-state index contributed by atoms with van der Waals surface area (Å²) in [6.45, 7) is 17.1. The van der Waals surface area contributed by atoms with Crippen LogP contribution in [0, 0.1) is 34.6 Å². The van der Waals surface area contributed by atoms with Gasteiger partial charge in [-0.3, -0.25) is 19.8 Å². The Labute approximate surface area is 315 Å². The van der Waals surface area contributed by atoms with Crippen LogP contribution in [0.15, 0.2) is 136 Å². The van der Waals surface area contributed by atoms with Crippen LogP contribution in [0.3, 0.4) is 0 Å². The van der Waals surface area contributed by atoms with Gasteiger partial charge in [0.1, 0.15) is 23.8 Å². The molecule has 0 fully saturated rings. The van der Waals surface area contributed by atoms with Gasteiger partial charge < -0.3 is 15.5 Å². The average molecular weight is 705 g/mol. The quantitative estimate of drug-likeness (QED) is 0.175. The monoisotopic (exact) mass is 704 g/mol. The number of aldehydes is 1. The number of amidine groups is 3. The highest BCUT2D eigenvalue weighted by atomic mass is 16.1. The number of aryl methyl sites for hydroxylation is 5. The predicted molar refractivity (Wildman–Crippen MR) is 222 cm³/mol. The second kappa shape index (κ2) is 19.7. The van der Waals surface area contributed by atoms with Crippen molar-refractivity contribution in [2.24, 2.45) is 15.0 Å². The van der Waals surface area contributed by atoms with Gasteiger partial charge in [-0.1, -0.05) is 144 Å². The summed E-state index contributed by atoms with van der Waals surface area (Å²) in [7, 11) is 0. The predicted octanol–water partition coefficient (Wildman–Crippen LogP) is 8.06.